The Morgan fingerprint density at radius 3 is 2.96 bits per heavy atom. The molecule has 0 aliphatic carbocycles. The average Bonchev–Trinajstić information content (AvgIpc) is 2.97. The van der Waals surface area contributed by atoms with Crippen molar-refractivity contribution in [3.63, 3.8) is 0 Å². The van der Waals surface area contributed by atoms with Crippen LogP contribution in [0.25, 0.3) is 0 Å². The van der Waals surface area contributed by atoms with Crippen LogP contribution in [-0.4, -0.2) is 31.8 Å². The zero-order chi connectivity index (χ0) is 15.9. The minimum absolute atomic E-state index is 0. The zero-order valence-corrected chi connectivity index (χ0v) is 16.1. The van der Waals surface area contributed by atoms with Crippen molar-refractivity contribution in [2.75, 3.05) is 19.8 Å². The van der Waals surface area contributed by atoms with Crippen LogP contribution in [0, 0.1) is 6.92 Å². The Balaban J connectivity index is 0.00000264. The molecule has 0 radical (unpaired) electrons. The Morgan fingerprint density at radius 1 is 1.52 bits per heavy atom. The molecule has 0 aromatic heterocycles. The number of guanidine groups is 1. The third-order valence-electron chi connectivity index (χ3n) is 3.40. The first-order chi connectivity index (χ1) is 10.5. The normalized spacial score (nSPS) is 17.5. The quantitative estimate of drug-likeness (QED) is 0.315. The number of nitrogens with one attached hydrogen (secondary N) is 1. The Bertz CT molecular complexity index is 555. The maximum Gasteiger partial charge on any atom is 0.189 e. The van der Waals surface area contributed by atoms with Gasteiger partial charge in [-0.05, 0) is 25.5 Å². The van der Waals surface area contributed by atoms with E-state index in [1.165, 1.54) is 0 Å². The van der Waals surface area contributed by atoms with E-state index in [2.05, 4.69) is 23.0 Å². The van der Waals surface area contributed by atoms with Crippen LogP contribution in [-0.2, 0) is 11.3 Å². The van der Waals surface area contributed by atoms with Gasteiger partial charge in [-0.3, -0.25) is 0 Å². The summed E-state index contributed by atoms with van der Waals surface area (Å²) in [5.74, 6) is 1.28. The summed E-state index contributed by atoms with van der Waals surface area (Å²) in [6.45, 7) is 10.3. The molecule has 2 rings (SSSR count). The Morgan fingerprint density at radius 2 is 2.30 bits per heavy atom. The van der Waals surface area contributed by atoms with Crippen molar-refractivity contribution in [1.29, 1.82) is 0 Å². The first-order valence-corrected chi connectivity index (χ1v) is 7.56. The van der Waals surface area contributed by atoms with Crippen molar-refractivity contribution in [3.05, 3.63) is 41.5 Å². The summed E-state index contributed by atoms with van der Waals surface area (Å²) in [5.41, 5.74) is 9.05. The molecule has 128 valence electrons. The van der Waals surface area contributed by atoms with E-state index in [0.29, 0.717) is 25.7 Å². The topological polar surface area (TPSA) is 68.9 Å². The fraction of sp³-hybridized carbons (Fsp3) is 0.471. The van der Waals surface area contributed by atoms with Gasteiger partial charge in [-0.2, -0.15) is 0 Å². The van der Waals surface area contributed by atoms with Crippen molar-refractivity contribution >= 4 is 29.9 Å². The van der Waals surface area contributed by atoms with Crippen molar-refractivity contribution in [2.24, 2.45) is 10.7 Å². The van der Waals surface area contributed by atoms with E-state index in [1.54, 1.807) is 0 Å². The molecule has 1 fully saturated rings. The molecular weight excluding hydrogens is 405 g/mol. The molecule has 1 heterocycles. The number of ether oxygens (including phenoxy) is 2. The van der Waals surface area contributed by atoms with Gasteiger partial charge in [0.25, 0.3) is 0 Å². The molecular formula is C17H26IN3O2. The number of nitrogens with zero attached hydrogens (tertiary/aromatic N) is 1. The predicted molar refractivity (Wildman–Crippen MR) is 105 cm³/mol. The standard InChI is InChI=1S/C17H25N3O2.HI/c1-12(2)9-19-17(18)20-10-14-5-4-13(3)8-16(14)22-15-6-7-21-11-15;/h4-5,8,15H,1,6-7,9-11H2,2-3H3,(H3,18,19,20);1H. The SMILES string of the molecule is C=C(C)CNC(N)=NCc1ccc(C)cc1OC1CCOC1.I. The third kappa shape index (κ3) is 6.78. The highest BCUT2D eigenvalue weighted by molar-refractivity contribution is 14.0. The fourth-order valence-corrected chi connectivity index (χ4v) is 2.16. The number of nitrogens with two attached hydrogens (primary N) is 1. The molecule has 5 nitrogen and oxygen atoms in total. The average molecular weight is 431 g/mol. The number of benzene rings is 1. The van der Waals surface area contributed by atoms with Crippen LogP contribution >= 0.6 is 24.0 Å². The highest BCUT2D eigenvalue weighted by atomic mass is 127. The molecule has 1 saturated heterocycles. The summed E-state index contributed by atoms with van der Waals surface area (Å²) in [5, 5.41) is 3.02. The van der Waals surface area contributed by atoms with Gasteiger partial charge in [-0.15, -0.1) is 24.0 Å². The van der Waals surface area contributed by atoms with Crippen molar-refractivity contribution in [2.45, 2.75) is 32.9 Å². The second-order valence-electron chi connectivity index (χ2n) is 5.73. The molecule has 3 N–H and O–H groups in total. The largest absolute Gasteiger partial charge is 0.488 e. The molecule has 1 aliphatic rings. The number of hydrogen-bond donors (Lipinski definition) is 2. The van der Waals surface area contributed by atoms with Gasteiger partial charge in [0, 0.05) is 18.5 Å². The maximum atomic E-state index is 6.05. The van der Waals surface area contributed by atoms with E-state index < -0.39 is 0 Å². The molecule has 1 aromatic rings. The van der Waals surface area contributed by atoms with Crippen LogP contribution in [0.4, 0.5) is 0 Å². The van der Waals surface area contributed by atoms with Crippen molar-refractivity contribution in [1.82, 2.24) is 5.32 Å². The summed E-state index contributed by atoms with van der Waals surface area (Å²) in [6, 6.07) is 6.14. The number of aryl methyl sites for hydroxylation is 1. The van der Waals surface area contributed by atoms with Gasteiger partial charge in [0.05, 0.1) is 19.8 Å². The van der Waals surface area contributed by atoms with Gasteiger partial charge in [-0.25, -0.2) is 4.99 Å². The number of rotatable bonds is 6. The number of halogens is 1. The minimum Gasteiger partial charge on any atom is -0.488 e. The molecule has 23 heavy (non-hydrogen) atoms. The molecule has 1 aliphatic heterocycles. The van der Waals surface area contributed by atoms with E-state index in [9.17, 15) is 0 Å². The van der Waals surface area contributed by atoms with Gasteiger partial charge in [0.15, 0.2) is 5.96 Å². The van der Waals surface area contributed by atoms with E-state index in [0.717, 1.165) is 35.5 Å². The summed E-state index contributed by atoms with van der Waals surface area (Å²) >= 11 is 0. The van der Waals surface area contributed by atoms with Crippen LogP contribution in [0.1, 0.15) is 24.5 Å². The lowest BCUT2D eigenvalue weighted by Crippen LogP contribution is -2.32. The van der Waals surface area contributed by atoms with Crippen LogP contribution in [0.5, 0.6) is 5.75 Å². The van der Waals surface area contributed by atoms with Gasteiger partial charge in [0.1, 0.15) is 11.9 Å². The predicted octanol–water partition coefficient (Wildman–Crippen LogP) is 2.76. The number of aliphatic imine (C=N–C) groups is 1. The van der Waals surface area contributed by atoms with Crippen LogP contribution < -0.4 is 15.8 Å². The Kier molecular flexibility index (Phi) is 8.40. The van der Waals surface area contributed by atoms with Gasteiger partial charge in [-0.1, -0.05) is 24.3 Å². The minimum atomic E-state index is 0. The van der Waals surface area contributed by atoms with Gasteiger partial charge in [0.2, 0.25) is 0 Å². The maximum absolute atomic E-state index is 6.05. The van der Waals surface area contributed by atoms with Crippen molar-refractivity contribution in [3.8, 4) is 5.75 Å². The van der Waals surface area contributed by atoms with E-state index in [4.69, 9.17) is 15.2 Å². The van der Waals surface area contributed by atoms with Gasteiger partial charge >= 0.3 is 0 Å². The van der Waals surface area contributed by atoms with Crippen LogP contribution in [0.3, 0.4) is 0 Å². The first kappa shape index (κ1) is 19.8. The van der Waals surface area contributed by atoms with E-state index >= 15 is 0 Å². The molecule has 0 saturated carbocycles. The number of hydrogen-bond acceptors (Lipinski definition) is 3. The lowest BCUT2D eigenvalue weighted by Gasteiger charge is -2.15. The molecule has 0 spiro atoms. The third-order valence-corrected chi connectivity index (χ3v) is 3.40. The molecule has 1 aromatic carbocycles. The Hall–Kier alpha value is -1.28. The summed E-state index contributed by atoms with van der Waals surface area (Å²) in [7, 11) is 0. The van der Waals surface area contributed by atoms with E-state index in [-0.39, 0.29) is 30.1 Å². The summed E-state index contributed by atoms with van der Waals surface area (Å²) < 4.78 is 11.4. The van der Waals surface area contributed by atoms with Crippen molar-refractivity contribution < 1.29 is 9.47 Å². The van der Waals surface area contributed by atoms with Crippen LogP contribution in [0.15, 0.2) is 35.3 Å². The molecule has 0 amide bonds. The highest BCUT2D eigenvalue weighted by Gasteiger charge is 2.18. The smallest absolute Gasteiger partial charge is 0.189 e. The molecule has 0 bridgehead atoms. The Labute approximate surface area is 155 Å². The monoisotopic (exact) mass is 431 g/mol. The first-order valence-electron chi connectivity index (χ1n) is 7.56. The second kappa shape index (κ2) is 9.77. The summed E-state index contributed by atoms with van der Waals surface area (Å²) in [6.07, 6.45) is 1.06. The van der Waals surface area contributed by atoms with Gasteiger partial charge < -0.3 is 20.5 Å². The molecule has 1 unspecified atom stereocenters. The molecule has 6 heteroatoms. The lowest BCUT2D eigenvalue weighted by molar-refractivity contribution is 0.140. The second-order valence-corrected chi connectivity index (χ2v) is 5.73. The lowest BCUT2D eigenvalue weighted by atomic mass is 10.1. The molecule has 1 atom stereocenters. The highest BCUT2D eigenvalue weighted by Crippen LogP contribution is 2.24. The fourth-order valence-electron chi connectivity index (χ4n) is 2.16. The van der Waals surface area contributed by atoms with Crippen LogP contribution in [0.2, 0.25) is 0 Å². The zero-order valence-electron chi connectivity index (χ0n) is 13.8. The summed E-state index contributed by atoms with van der Waals surface area (Å²) in [4.78, 5) is 4.36. The van der Waals surface area contributed by atoms with E-state index in [1.807, 2.05) is 26.0 Å².